The van der Waals surface area contributed by atoms with Crippen LogP contribution in [0, 0.1) is 3.57 Å². The quantitative estimate of drug-likeness (QED) is 0.417. The fourth-order valence-electron chi connectivity index (χ4n) is 1.81. The van der Waals surface area contributed by atoms with Crippen LogP contribution in [0.2, 0.25) is 0 Å². The Morgan fingerprint density at radius 3 is 2.58 bits per heavy atom. The van der Waals surface area contributed by atoms with Gasteiger partial charge in [-0.3, -0.25) is 0 Å². The molecule has 1 atom stereocenters. The zero-order chi connectivity index (χ0) is 14.0. The number of thiophene rings is 1. The third kappa shape index (κ3) is 4.03. The van der Waals surface area contributed by atoms with Crippen LogP contribution in [0.5, 0.6) is 0 Å². The van der Waals surface area contributed by atoms with Gasteiger partial charge in [0.2, 0.25) is 0 Å². The first kappa shape index (κ1) is 16.4. The SMILES string of the molecule is CCNC(c1cc(Br)c(Br)s1)c1cc(Br)ccc1I. The highest BCUT2D eigenvalue weighted by molar-refractivity contribution is 14.1. The summed E-state index contributed by atoms with van der Waals surface area (Å²) in [4.78, 5) is 1.30. The molecule has 0 saturated heterocycles. The third-order valence-electron chi connectivity index (χ3n) is 2.63. The fourth-order valence-corrected chi connectivity index (χ4v) is 5.02. The number of hydrogen-bond donors (Lipinski definition) is 1. The van der Waals surface area contributed by atoms with Gasteiger partial charge in [0.1, 0.15) is 0 Å². The lowest BCUT2D eigenvalue weighted by Gasteiger charge is -2.18. The lowest BCUT2D eigenvalue weighted by molar-refractivity contribution is 0.637. The van der Waals surface area contributed by atoms with Crippen molar-refractivity contribution in [3.05, 3.63) is 51.0 Å². The average Bonchev–Trinajstić information content (AvgIpc) is 2.70. The molecule has 1 N–H and O–H groups in total. The standard InChI is InChI=1S/C13H11Br3INS/c1-2-18-12(11-6-9(15)13(16)19-11)8-5-7(14)3-4-10(8)17/h3-6,12,18H,2H2,1H3. The van der Waals surface area contributed by atoms with E-state index in [0.29, 0.717) is 0 Å². The molecule has 0 aliphatic rings. The van der Waals surface area contributed by atoms with Gasteiger partial charge >= 0.3 is 0 Å². The van der Waals surface area contributed by atoms with Crippen molar-refractivity contribution in [1.82, 2.24) is 5.32 Å². The van der Waals surface area contributed by atoms with Crippen molar-refractivity contribution in [1.29, 1.82) is 0 Å². The molecule has 0 aliphatic carbocycles. The number of nitrogens with one attached hydrogen (secondary N) is 1. The van der Waals surface area contributed by atoms with Crippen molar-refractivity contribution < 1.29 is 0 Å². The fraction of sp³-hybridized carbons (Fsp3) is 0.231. The Labute approximate surface area is 156 Å². The molecule has 2 rings (SSSR count). The Morgan fingerprint density at radius 2 is 2.00 bits per heavy atom. The van der Waals surface area contributed by atoms with Gasteiger partial charge in [0, 0.05) is 17.4 Å². The Kier molecular flexibility index (Phi) is 6.36. The van der Waals surface area contributed by atoms with Gasteiger partial charge in [-0.2, -0.15) is 0 Å². The Bertz CT molecular complexity index is 566. The first-order valence-electron chi connectivity index (χ1n) is 5.66. The van der Waals surface area contributed by atoms with E-state index in [0.717, 1.165) is 19.3 Å². The van der Waals surface area contributed by atoms with E-state index in [1.807, 2.05) is 0 Å². The molecule has 0 aliphatic heterocycles. The van der Waals surface area contributed by atoms with Gasteiger partial charge < -0.3 is 5.32 Å². The second kappa shape index (κ2) is 7.35. The smallest absolute Gasteiger partial charge is 0.0843 e. The van der Waals surface area contributed by atoms with Gasteiger partial charge in [0.05, 0.1) is 9.83 Å². The summed E-state index contributed by atoms with van der Waals surface area (Å²) in [7, 11) is 0. The first-order valence-corrected chi connectivity index (χ1v) is 9.93. The predicted molar refractivity (Wildman–Crippen MR) is 102 cm³/mol. The van der Waals surface area contributed by atoms with E-state index >= 15 is 0 Å². The monoisotopic (exact) mass is 577 g/mol. The second-order valence-electron chi connectivity index (χ2n) is 3.93. The van der Waals surface area contributed by atoms with Crippen LogP contribution in [-0.4, -0.2) is 6.54 Å². The second-order valence-corrected chi connectivity index (χ2v) is 9.26. The topological polar surface area (TPSA) is 12.0 Å². The molecule has 0 saturated carbocycles. The molecule has 1 unspecified atom stereocenters. The van der Waals surface area contributed by atoms with Crippen molar-refractivity contribution in [3.63, 3.8) is 0 Å². The Morgan fingerprint density at radius 1 is 1.26 bits per heavy atom. The van der Waals surface area contributed by atoms with E-state index in [1.54, 1.807) is 11.3 Å². The largest absolute Gasteiger partial charge is 0.306 e. The number of hydrogen-bond acceptors (Lipinski definition) is 2. The maximum absolute atomic E-state index is 3.57. The zero-order valence-corrected chi connectivity index (χ0v) is 17.7. The summed E-state index contributed by atoms with van der Waals surface area (Å²) in [5, 5.41) is 3.57. The molecule has 0 fully saturated rings. The summed E-state index contributed by atoms with van der Waals surface area (Å²) in [6, 6.07) is 8.81. The first-order chi connectivity index (χ1) is 9.02. The van der Waals surface area contributed by atoms with E-state index < -0.39 is 0 Å². The number of benzene rings is 1. The number of rotatable bonds is 4. The minimum atomic E-state index is 0.224. The number of halogens is 4. The minimum Gasteiger partial charge on any atom is -0.306 e. The Hall–Kier alpha value is 1.05. The van der Waals surface area contributed by atoms with Crippen molar-refractivity contribution in [2.24, 2.45) is 0 Å². The van der Waals surface area contributed by atoms with Crippen molar-refractivity contribution in [2.45, 2.75) is 13.0 Å². The van der Waals surface area contributed by atoms with Crippen LogP contribution >= 0.6 is 81.7 Å². The average molecular weight is 580 g/mol. The molecule has 0 spiro atoms. The molecular weight excluding hydrogens is 569 g/mol. The molecule has 1 aromatic heterocycles. The summed E-state index contributed by atoms with van der Waals surface area (Å²) >= 11 is 14.9. The normalized spacial score (nSPS) is 12.7. The molecule has 102 valence electrons. The molecule has 6 heteroatoms. The van der Waals surface area contributed by atoms with Crippen LogP contribution in [0.15, 0.2) is 37.0 Å². The highest BCUT2D eigenvalue weighted by Crippen LogP contribution is 2.39. The molecule has 2 aromatic rings. The molecule has 1 aromatic carbocycles. The maximum Gasteiger partial charge on any atom is 0.0843 e. The lowest BCUT2D eigenvalue weighted by atomic mass is 10.1. The van der Waals surface area contributed by atoms with Gasteiger partial charge in [0.15, 0.2) is 0 Å². The zero-order valence-electron chi connectivity index (χ0n) is 10.0. The van der Waals surface area contributed by atoms with Gasteiger partial charge in [0.25, 0.3) is 0 Å². The van der Waals surface area contributed by atoms with E-state index in [9.17, 15) is 0 Å². The van der Waals surface area contributed by atoms with E-state index in [2.05, 4.69) is 107 Å². The van der Waals surface area contributed by atoms with Crippen LogP contribution < -0.4 is 5.32 Å². The molecule has 19 heavy (non-hydrogen) atoms. The molecule has 0 amide bonds. The van der Waals surface area contributed by atoms with Crippen molar-refractivity contribution in [3.8, 4) is 0 Å². The summed E-state index contributed by atoms with van der Waals surface area (Å²) in [5.74, 6) is 0. The maximum atomic E-state index is 3.57. The molecule has 0 bridgehead atoms. The van der Waals surface area contributed by atoms with E-state index in [-0.39, 0.29) is 6.04 Å². The molecule has 0 radical (unpaired) electrons. The molecule has 1 nitrogen and oxygen atoms in total. The van der Waals surface area contributed by atoms with Crippen LogP contribution in [-0.2, 0) is 0 Å². The van der Waals surface area contributed by atoms with Gasteiger partial charge in [-0.1, -0.05) is 22.9 Å². The Balaban J connectivity index is 2.47. The van der Waals surface area contributed by atoms with E-state index in [1.165, 1.54) is 14.0 Å². The van der Waals surface area contributed by atoms with Crippen molar-refractivity contribution >= 4 is 81.7 Å². The lowest BCUT2D eigenvalue weighted by Crippen LogP contribution is -2.22. The summed E-state index contributed by atoms with van der Waals surface area (Å²) in [6.07, 6.45) is 0. The van der Waals surface area contributed by atoms with Gasteiger partial charge in [-0.05, 0) is 90.8 Å². The third-order valence-corrected chi connectivity index (χ3v) is 7.42. The highest BCUT2D eigenvalue weighted by Gasteiger charge is 2.19. The predicted octanol–water partition coefficient (Wildman–Crippen LogP) is 6.34. The van der Waals surface area contributed by atoms with Crippen molar-refractivity contribution in [2.75, 3.05) is 6.54 Å². The summed E-state index contributed by atoms with van der Waals surface area (Å²) in [6.45, 7) is 3.07. The van der Waals surface area contributed by atoms with Gasteiger partial charge in [-0.15, -0.1) is 11.3 Å². The highest BCUT2D eigenvalue weighted by atomic mass is 127. The molecule has 1 heterocycles. The summed E-state index contributed by atoms with van der Waals surface area (Å²) in [5.41, 5.74) is 1.30. The molecular formula is C13H11Br3INS. The van der Waals surface area contributed by atoms with Gasteiger partial charge in [-0.25, -0.2) is 0 Å². The minimum absolute atomic E-state index is 0.224. The summed E-state index contributed by atoms with van der Waals surface area (Å²) < 4.78 is 4.63. The van der Waals surface area contributed by atoms with Crippen LogP contribution in [0.1, 0.15) is 23.4 Å². The van der Waals surface area contributed by atoms with Crippen LogP contribution in [0.3, 0.4) is 0 Å². The van der Waals surface area contributed by atoms with E-state index in [4.69, 9.17) is 0 Å². The van der Waals surface area contributed by atoms with Crippen LogP contribution in [0.25, 0.3) is 0 Å². The van der Waals surface area contributed by atoms with Crippen LogP contribution in [0.4, 0.5) is 0 Å².